The van der Waals surface area contributed by atoms with Crippen molar-refractivity contribution < 1.29 is 69.7 Å². The predicted octanol–water partition coefficient (Wildman–Crippen LogP) is -2.23. The van der Waals surface area contributed by atoms with E-state index >= 15 is 0 Å². The lowest BCUT2D eigenvalue weighted by Crippen LogP contribution is -2.62. The predicted molar refractivity (Wildman–Crippen MR) is 264 cm³/mol. The molecule has 406 valence electrons. The Morgan fingerprint density at radius 2 is 1.29 bits per heavy atom. The number of carboxylic acid groups (broad SMARTS) is 1. The van der Waals surface area contributed by atoms with E-state index in [0.29, 0.717) is 10.9 Å². The fourth-order valence-electron chi connectivity index (χ4n) is 6.70. The number of carboxylic acids is 1. The van der Waals surface area contributed by atoms with Gasteiger partial charge in [0.05, 0.1) is 25.4 Å². The van der Waals surface area contributed by atoms with Crippen LogP contribution in [0.5, 0.6) is 0 Å². The second-order valence-electron chi connectivity index (χ2n) is 19.2. The fourth-order valence-corrected chi connectivity index (χ4v) is 6.70. The number of alkyl carbamates (subject to hydrolysis) is 1. The number of carbonyl (C=O) groups is 9. The molecule has 0 saturated carbocycles. The third-order valence-corrected chi connectivity index (χ3v) is 10.8. The molecule has 1 aromatic carbocycles. The van der Waals surface area contributed by atoms with Gasteiger partial charge in [-0.1, -0.05) is 78.3 Å². The second kappa shape index (κ2) is 31.0. The molecule has 0 radical (unpaired) electrons. The minimum Gasteiger partial charge on any atom is -0.480 e. The summed E-state index contributed by atoms with van der Waals surface area (Å²) in [6.07, 6.45) is -4.17. The van der Waals surface area contributed by atoms with Crippen LogP contribution in [0.15, 0.2) is 35.3 Å². The number of hydrogen-bond donors (Lipinski definition) is 14. The molecule has 0 bridgehead atoms. The maximum Gasteiger partial charge on any atom is 0.408 e. The van der Waals surface area contributed by atoms with Crippen LogP contribution in [0.4, 0.5) is 4.79 Å². The molecule has 0 aliphatic heterocycles. The minimum atomic E-state index is -1.73. The lowest BCUT2D eigenvalue weighted by Gasteiger charge is -2.31. The first-order valence-electron chi connectivity index (χ1n) is 24.3. The van der Waals surface area contributed by atoms with Gasteiger partial charge in [0, 0.05) is 13.0 Å². The summed E-state index contributed by atoms with van der Waals surface area (Å²) < 4.78 is 14.2. The van der Waals surface area contributed by atoms with E-state index in [2.05, 4.69) is 42.2 Å². The highest BCUT2D eigenvalue weighted by Crippen LogP contribution is 2.15. The molecular formula is C47H79N11O14. The summed E-state index contributed by atoms with van der Waals surface area (Å²) in [5.74, 6) is -10.3. The Labute approximate surface area is 422 Å². The number of carbonyl (C=O) groups excluding carboxylic acids is 8. The maximum atomic E-state index is 14.2. The van der Waals surface area contributed by atoms with Gasteiger partial charge in [-0.15, -0.1) is 0 Å². The lowest BCUT2D eigenvalue weighted by atomic mass is 9.96. The number of aliphatic hydroxyl groups excluding tert-OH is 3. The lowest BCUT2D eigenvalue weighted by molar-refractivity contribution is -0.143. The largest absolute Gasteiger partial charge is 0.480 e. The summed E-state index contributed by atoms with van der Waals surface area (Å²) in [6.45, 7) is 14.1. The Morgan fingerprint density at radius 3 is 1.81 bits per heavy atom. The van der Waals surface area contributed by atoms with Crippen molar-refractivity contribution in [2.45, 2.75) is 161 Å². The zero-order valence-electron chi connectivity index (χ0n) is 43.9. The van der Waals surface area contributed by atoms with Crippen LogP contribution in [0.3, 0.4) is 0 Å². The molecule has 0 unspecified atom stereocenters. The van der Waals surface area contributed by atoms with Crippen molar-refractivity contribution in [2.75, 3.05) is 19.7 Å². The number of hydrogen-bond acceptors (Lipinski definition) is 14. The van der Waals surface area contributed by atoms with Crippen molar-refractivity contribution in [2.24, 2.45) is 34.2 Å². The zero-order chi connectivity index (χ0) is 55.9. The molecule has 0 aromatic heterocycles. The van der Waals surface area contributed by atoms with Crippen LogP contribution in [0.1, 0.15) is 100 Å². The maximum absolute atomic E-state index is 14.2. The van der Waals surface area contributed by atoms with Gasteiger partial charge < -0.3 is 79.2 Å². The highest BCUT2D eigenvalue weighted by Gasteiger charge is 2.38. The number of benzene rings is 1. The van der Waals surface area contributed by atoms with E-state index in [9.17, 15) is 63.6 Å². The Balaban J connectivity index is 3.44. The van der Waals surface area contributed by atoms with Gasteiger partial charge in [0.15, 0.2) is 7.37 Å². The van der Waals surface area contributed by atoms with Crippen molar-refractivity contribution in [3.8, 4) is 0 Å². The van der Waals surface area contributed by atoms with Gasteiger partial charge in [-0.2, -0.15) is 0 Å². The zero-order valence-corrected chi connectivity index (χ0v) is 42.9. The number of aliphatic imine (C=N–C) groups is 1. The minimum absolute atomic E-state index is 0.000170. The molecule has 0 saturated heterocycles. The van der Waals surface area contributed by atoms with Gasteiger partial charge in [-0.25, -0.2) is 9.59 Å². The third kappa shape index (κ3) is 23.5. The SMILES string of the molecule is [2H]N(C(=O)[C@@H](NC(=O)OC(C)(C)C)[C@H](O)C(C)C)[C@@H](CC(C)C)C(=O)N[C@@H](CCCN=C(N)N)C(=O)N[C@H](C(=O)N[C@H](C(=O)NCC(=O)N[C@@H](Cc1ccccc1)C(=O)N[C@@H](CO)C(=O)O)[C@H](C)O)[C@@H](C)CC. The van der Waals surface area contributed by atoms with Crippen LogP contribution in [0.2, 0.25) is 1.41 Å². The molecule has 0 heterocycles. The highest BCUT2D eigenvalue weighted by atomic mass is 16.6. The number of guanidine groups is 1. The van der Waals surface area contributed by atoms with Gasteiger partial charge in [0.2, 0.25) is 41.4 Å². The average Bonchev–Trinajstić information content (AvgIpc) is 3.30. The summed E-state index contributed by atoms with van der Waals surface area (Å²) >= 11 is 0. The summed E-state index contributed by atoms with van der Waals surface area (Å²) in [6, 6.07) is -2.61. The van der Waals surface area contributed by atoms with Gasteiger partial charge >= 0.3 is 12.1 Å². The summed E-state index contributed by atoms with van der Waals surface area (Å²) in [5.41, 5.74) is 10.6. The monoisotopic (exact) mass is 1020 g/mol. The Bertz CT molecular complexity index is 2040. The first-order valence-corrected chi connectivity index (χ1v) is 23.8. The van der Waals surface area contributed by atoms with Crippen LogP contribution in [0, 0.1) is 17.8 Å². The molecule has 0 spiro atoms. The summed E-state index contributed by atoms with van der Waals surface area (Å²) in [5, 5.41) is 57.5. The van der Waals surface area contributed by atoms with Crippen molar-refractivity contribution >= 4 is 59.4 Å². The number of aliphatic hydroxyl groups is 3. The van der Waals surface area contributed by atoms with Crippen molar-refractivity contribution in [1.29, 1.82) is 0 Å². The van der Waals surface area contributed by atoms with Crippen molar-refractivity contribution in [1.82, 2.24) is 42.5 Å². The first kappa shape index (κ1) is 61.5. The van der Waals surface area contributed by atoms with Crippen molar-refractivity contribution in [3.05, 3.63) is 35.9 Å². The van der Waals surface area contributed by atoms with E-state index in [0.717, 1.165) is 0 Å². The van der Waals surface area contributed by atoms with Crippen LogP contribution in [-0.2, 0) is 49.5 Å². The second-order valence-corrected chi connectivity index (χ2v) is 19.2. The average molecular weight is 1020 g/mol. The van der Waals surface area contributed by atoms with Crippen LogP contribution < -0.4 is 54.0 Å². The first-order chi connectivity index (χ1) is 33.9. The Hall–Kier alpha value is -6.60. The number of aliphatic carboxylic acids is 1. The van der Waals surface area contributed by atoms with E-state index in [1.54, 1.807) is 92.6 Å². The van der Waals surface area contributed by atoms with E-state index < -0.39 is 139 Å². The standard InChI is InChI=1S/C47H79N11O14/c1-11-26(6)34(42(67)57-35(27(7)60)41(66)51-22-33(61)52-31(21-28-16-13-12-14-17-28)40(65)55-32(23-59)44(69)70)56-38(63)29(18-15-19-50-45(48)49)53-39(64)30(20-24(2)3)54-43(68)36(37(62)25(4)5)58-46(71)72-47(8,9)10/h12-14,16-17,24-27,29-32,34-37,59-60,62H,11,15,18-23H2,1-10H3,(H,51,66)(H,52,61)(H,53,64)(H,54,68)(H,55,65)(H,56,63)(H,57,67)(H,58,71)(H,69,70)(H4,48,49,50)/t26-,27-,29-,30-,31-,32-,34-,35-,36-,37+/m0/s1/i/hD. The Kier molecular flexibility index (Phi) is 26.5. The van der Waals surface area contributed by atoms with Crippen LogP contribution in [0.25, 0.3) is 0 Å². The number of nitrogens with one attached hydrogen (secondary N) is 8. The van der Waals surface area contributed by atoms with Crippen molar-refractivity contribution in [3.63, 3.8) is 0 Å². The topological polar surface area (TPSA) is 404 Å². The van der Waals surface area contributed by atoms with Crippen LogP contribution in [-0.4, -0.2) is 160 Å². The molecule has 1 aromatic rings. The molecule has 10 atom stereocenters. The molecule has 72 heavy (non-hydrogen) atoms. The molecule has 1 rings (SSSR count). The summed E-state index contributed by atoms with van der Waals surface area (Å²) in [4.78, 5) is 124. The molecule has 16 N–H and O–H groups in total. The number of amides is 8. The van der Waals surface area contributed by atoms with E-state index in [1.165, 1.54) is 6.92 Å². The van der Waals surface area contributed by atoms with Crippen LogP contribution >= 0.6 is 0 Å². The van der Waals surface area contributed by atoms with Gasteiger partial charge in [-0.05, 0) is 70.3 Å². The van der Waals surface area contributed by atoms with E-state index in [-0.39, 0.29) is 50.5 Å². The quantitative estimate of drug-likeness (QED) is 0.0220. The molecule has 25 nitrogen and oxygen atoms in total. The molecular weight excluding hydrogens is 943 g/mol. The van der Waals surface area contributed by atoms with Gasteiger partial charge in [0.1, 0.15) is 47.9 Å². The number of nitrogens with two attached hydrogens (primary N) is 2. The number of nitrogens with zero attached hydrogens (tertiary/aromatic N) is 1. The van der Waals surface area contributed by atoms with E-state index in [1.807, 2.05) is 0 Å². The number of rotatable bonds is 30. The van der Waals surface area contributed by atoms with Gasteiger partial charge in [-0.3, -0.25) is 38.6 Å². The Morgan fingerprint density at radius 1 is 0.722 bits per heavy atom. The highest BCUT2D eigenvalue weighted by molar-refractivity contribution is 5.97. The third-order valence-electron chi connectivity index (χ3n) is 10.8. The molecule has 8 amide bonds. The number of ether oxygens (including phenoxy) is 1. The fraction of sp³-hybridized carbons (Fsp3) is 0.660. The molecule has 0 aliphatic carbocycles. The molecule has 0 fully saturated rings. The summed E-state index contributed by atoms with van der Waals surface area (Å²) in [7, 11) is 0. The molecule has 0 aliphatic rings. The van der Waals surface area contributed by atoms with E-state index in [4.69, 9.17) is 17.6 Å². The smallest absolute Gasteiger partial charge is 0.408 e. The molecule has 25 heteroatoms. The van der Waals surface area contributed by atoms with Gasteiger partial charge in [0.25, 0.3) is 0 Å². The normalized spacial score (nSPS) is 15.7.